The topological polar surface area (TPSA) is 97.0 Å². The number of benzene rings is 1. The van der Waals surface area contributed by atoms with Crippen molar-refractivity contribution in [2.45, 2.75) is 49.3 Å². The molecule has 7 nitrogen and oxygen atoms in total. The minimum atomic E-state index is -4.22. The molecule has 0 radical (unpaired) electrons. The fourth-order valence-electron chi connectivity index (χ4n) is 4.44. The SMILES string of the molecule is N#Cc1c(-c2ccc(S(=O)(=O)NC(CF)CF)cn2)n(C2CCCC2)c2cc(OC(F)F)ccc12. The third kappa shape index (κ3) is 4.97. The zero-order valence-corrected chi connectivity index (χ0v) is 19.2. The summed E-state index contributed by atoms with van der Waals surface area (Å²) in [6.07, 6.45) is 4.59. The molecule has 0 saturated heterocycles. The molecule has 186 valence electrons. The van der Waals surface area contributed by atoms with E-state index in [1.807, 2.05) is 9.29 Å². The van der Waals surface area contributed by atoms with Gasteiger partial charge in [-0.1, -0.05) is 12.8 Å². The van der Waals surface area contributed by atoms with Crippen LogP contribution in [-0.4, -0.2) is 44.0 Å². The third-order valence-corrected chi connectivity index (χ3v) is 7.49. The van der Waals surface area contributed by atoms with Crippen LogP contribution in [0.25, 0.3) is 22.3 Å². The van der Waals surface area contributed by atoms with Gasteiger partial charge in [0.25, 0.3) is 0 Å². The molecule has 2 aromatic heterocycles. The molecular weight excluding hydrogens is 488 g/mol. The summed E-state index contributed by atoms with van der Waals surface area (Å²) >= 11 is 0. The lowest BCUT2D eigenvalue weighted by molar-refractivity contribution is -0.0497. The number of nitrogens with zero attached hydrogens (tertiary/aromatic N) is 3. The first-order chi connectivity index (χ1) is 16.8. The van der Waals surface area contributed by atoms with Gasteiger partial charge < -0.3 is 9.30 Å². The van der Waals surface area contributed by atoms with E-state index in [9.17, 15) is 31.2 Å². The zero-order chi connectivity index (χ0) is 25.2. The van der Waals surface area contributed by atoms with E-state index in [-0.39, 0.29) is 22.3 Å². The van der Waals surface area contributed by atoms with Gasteiger partial charge in [0.2, 0.25) is 10.0 Å². The third-order valence-electron chi connectivity index (χ3n) is 5.99. The highest BCUT2D eigenvalue weighted by atomic mass is 32.2. The lowest BCUT2D eigenvalue weighted by Gasteiger charge is -2.18. The van der Waals surface area contributed by atoms with Crippen LogP contribution >= 0.6 is 0 Å². The van der Waals surface area contributed by atoms with Crippen molar-refractivity contribution in [1.29, 1.82) is 5.26 Å². The van der Waals surface area contributed by atoms with Crippen LogP contribution in [-0.2, 0) is 10.0 Å². The Morgan fingerprint density at radius 3 is 2.46 bits per heavy atom. The molecule has 0 aliphatic heterocycles. The van der Waals surface area contributed by atoms with Crippen LogP contribution < -0.4 is 9.46 Å². The minimum absolute atomic E-state index is 0.0156. The van der Waals surface area contributed by atoms with E-state index in [1.165, 1.54) is 30.3 Å². The van der Waals surface area contributed by atoms with Gasteiger partial charge in [-0.3, -0.25) is 4.98 Å². The fraction of sp³-hybridized carbons (Fsp3) is 0.391. The number of sulfonamides is 1. The fourth-order valence-corrected chi connectivity index (χ4v) is 5.58. The second-order valence-electron chi connectivity index (χ2n) is 8.21. The van der Waals surface area contributed by atoms with E-state index < -0.39 is 36.0 Å². The summed E-state index contributed by atoms with van der Waals surface area (Å²) in [7, 11) is -4.22. The molecule has 35 heavy (non-hydrogen) atoms. The van der Waals surface area contributed by atoms with Crippen LogP contribution in [0.3, 0.4) is 0 Å². The summed E-state index contributed by atoms with van der Waals surface area (Å²) in [4.78, 5) is 3.96. The average Bonchev–Trinajstić information content (AvgIpc) is 3.47. The summed E-state index contributed by atoms with van der Waals surface area (Å²) < 4.78 is 84.5. The highest BCUT2D eigenvalue weighted by Gasteiger charge is 2.28. The maximum absolute atomic E-state index is 12.8. The Hall–Kier alpha value is -3.17. The molecule has 1 aliphatic rings. The Balaban J connectivity index is 1.84. The maximum atomic E-state index is 12.8. The molecule has 0 unspecified atom stereocenters. The van der Waals surface area contributed by atoms with Crippen molar-refractivity contribution in [3.05, 3.63) is 42.1 Å². The number of alkyl halides is 4. The van der Waals surface area contributed by atoms with E-state index in [2.05, 4.69) is 15.8 Å². The summed E-state index contributed by atoms with van der Waals surface area (Å²) in [5.41, 5.74) is 1.54. The first-order valence-electron chi connectivity index (χ1n) is 10.9. The first-order valence-corrected chi connectivity index (χ1v) is 12.4. The number of nitrogens with one attached hydrogen (secondary N) is 1. The predicted octanol–water partition coefficient (Wildman–Crippen LogP) is 4.88. The number of halogens is 4. The van der Waals surface area contributed by atoms with Crippen molar-refractivity contribution >= 4 is 20.9 Å². The highest BCUT2D eigenvalue weighted by molar-refractivity contribution is 7.89. The summed E-state index contributed by atoms with van der Waals surface area (Å²) in [5, 5.41) is 10.5. The van der Waals surface area contributed by atoms with E-state index in [1.54, 1.807) is 0 Å². The number of hydrogen-bond acceptors (Lipinski definition) is 5. The number of fused-ring (bicyclic) bond motifs is 1. The number of pyridine rings is 1. The van der Waals surface area contributed by atoms with Crippen molar-refractivity contribution in [2.75, 3.05) is 13.3 Å². The van der Waals surface area contributed by atoms with Crippen molar-refractivity contribution in [2.24, 2.45) is 0 Å². The Morgan fingerprint density at radius 2 is 1.89 bits per heavy atom. The van der Waals surface area contributed by atoms with E-state index in [4.69, 9.17) is 0 Å². The summed E-state index contributed by atoms with van der Waals surface area (Å²) in [5.74, 6) is -0.0453. The summed E-state index contributed by atoms with van der Waals surface area (Å²) in [6.45, 7) is -5.41. The molecule has 4 rings (SSSR count). The molecule has 1 aliphatic carbocycles. The van der Waals surface area contributed by atoms with E-state index >= 15 is 0 Å². The van der Waals surface area contributed by atoms with Crippen LogP contribution in [0.4, 0.5) is 17.6 Å². The quantitative estimate of drug-likeness (QED) is 0.414. The van der Waals surface area contributed by atoms with Crippen LogP contribution in [0.1, 0.15) is 37.3 Å². The van der Waals surface area contributed by atoms with Gasteiger partial charge in [0, 0.05) is 23.7 Å². The Kier molecular flexibility index (Phi) is 7.28. The zero-order valence-electron chi connectivity index (χ0n) is 18.4. The second-order valence-corrected chi connectivity index (χ2v) is 9.92. The number of aromatic nitrogens is 2. The molecule has 1 fully saturated rings. The van der Waals surface area contributed by atoms with Crippen molar-refractivity contribution < 1.29 is 30.7 Å². The van der Waals surface area contributed by atoms with Crippen LogP contribution in [0.2, 0.25) is 0 Å². The van der Waals surface area contributed by atoms with Gasteiger partial charge in [-0.05, 0) is 37.1 Å². The largest absolute Gasteiger partial charge is 0.435 e. The average molecular weight is 511 g/mol. The van der Waals surface area contributed by atoms with Crippen molar-refractivity contribution in [3.63, 3.8) is 0 Å². The van der Waals surface area contributed by atoms with E-state index in [0.717, 1.165) is 31.9 Å². The van der Waals surface area contributed by atoms with Gasteiger partial charge in [0.15, 0.2) is 0 Å². The lowest BCUT2D eigenvalue weighted by atomic mass is 10.1. The van der Waals surface area contributed by atoms with Crippen molar-refractivity contribution in [1.82, 2.24) is 14.3 Å². The first kappa shape index (κ1) is 24.9. The number of ether oxygens (including phenoxy) is 1. The molecule has 0 atom stereocenters. The highest BCUT2D eigenvalue weighted by Crippen LogP contribution is 2.41. The van der Waals surface area contributed by atoms with Gasteiger partial charge in [-0.25, -0.2) is 21.9 Å². The van der Waals surface area contributed by atoms with Gasteiger partial charge in [-0.15, -0.1) is 0 Å². The number of hydrogen-bond donors (Lipinski definition) is 1. The Morgan fingerprint density at radius 1 is 1.17 bits per heavy atom. The molecule has 0 bridgehead atoms. The Bertz CT molecular complexity index is 1340. The van der Waals surface area contributed by atoms with E-state index in [0.29, 0.717) is 22.3 Å². The molecule has 12 heteroatoms. The molecular formula is C23H22F4N4O3S. The van der Waals surface area contributed by atoms with Gasteiger partial charge >= 0.3 is 6.61 Å². The molecule has 3 aromatic rings. The van der Waals surface area contributed by atoms with Crippen LogP contribution in [0, 0.1) is 11.3 Å². The number of nitriles is 1. The molecule has 1 aromatic carbocycles. The summed E-state index contributed by atoms with van der Waals surface area (Å²) in [6, 6.07) is 7.65. The lowest BCUT2D eigenvalue weighted by Crippen LogP contribution is -2.37. The van der Waals surface area contributed by atoms with Crippen LogP contribution in [0.5, 0.6) is 5.75 Å². The molecule has 1 N–H and O–H groups in total. The standard InChI is InChI=1S/C23H22F4N4O3S/c24-10-14(11-25)30-35(32,33)17-6-8-20(29-13-17)22-19(12-28)18-7-5-16(34-23(26)27)9-21(18)31(22)15-3-1-2-4-15/h5-9,13-15,23,30H,1-4,10-11H2. The molecule has 1 saturated carbocycles. The maximum Gasteiger partial charge on any atom is 0.387 e. The Labute approximate surface area is 199 Å². The molecule has 2 heterocycles. The smallest absolute Gasteiger partial charge is 0.387 e. The van der Waals surface area contributed by atoms with Gasteiger partial charge in [0.1, 0.15) is 30.1 Å². The normalized spacial score (nSPS) is 14.8. The second kappa shape index (κ2) is 10.2. The number of rotatable bonds is 9. The molecule has 0 amide bonds. The molecule has 0 spiro atoms. The van der Waals surface area contributed by atoms with Gasteiger partial charge in [-0.2, -0.15) is 14.0 Å². The predicted molar refractivity (Wildman–Crippen MR) is 120 cm³/mol. The van der Waals surface area contributed by atoms with Gasteiger partial charge in [0.05, 0.1) is 28.5 Å². The van der Waals surface area contributed by atoms with Crippen LogP contribution in [0.15, 0.2) is 41.4 Å². The monoisotopic (exact) mass is 510 g/mol. The minimum Gasteiger partial charge on any atom is -0.435 e. The van der Waals surface area contributed by atoms with Crippen molar-refractivity contribution in [3.8, 4) is 23.2 Å².